The van der Waals surface area contributed by atoms with Crippen LogP contribution in [0.15, 0.2) is 41.3 Å². The average molecular weight is 287 g/mol. The molecular weight excluding hydrogens is 266 g/mol. The molecule has 0 saturated heterocycles. The number of para-hydroxylation sites is 1. The number of nitrogens with zero attached hydrogens (tertiary/aromatic N) is 1. The highest BCUT2D eigenvalue weighted by Gasteiger charge is 2.24. The summed E-state index contributed by atoms with van der Waals surface area (Å²) in [5.41, 5.74) is 2.00. The third-order valence-corrected chi connectivity index (χ3v) is 3.71. The SMILES string of the molecule is C=CCN(CC(=O)O)C(C)c1oc2ccccc2c1CC. The minimum absolute atomic E-state index is 0.0343. The minimum atomic E-state index is -0.849. The molecule has 1 N–H and O–H groups in total. The number of hydrogen-bond acceptors (Lipinski definition) is 3. The zero-order valence-corrected chi connectivity index (χ0v) is 12.5. The average Bonchev–Trinajstić information content (AvgIpc) is 2.84. The molecule has 0 saturated carbocycles. The number of carbonyl (C=O) groups is 1. The topological polar surface area (TPSA) is 53.7 Å². The second-order valence-corrected chi connectivity index (χ2v) is 5.08. The Hall–Kier alpha value is -2.07. The van der Waals surface area contributed by atoms with Gasteiger partial charge in [-0.05, 0) is 19.4 Å². The molecule has 0 aliphatic rings. The van der Waals surface area contributed by atoms with Crippen LogP contribution in [0.2, 0.25) is 0 Å². The first-order valence-corrected chi connectivity index (χ1v) is 7.15. The van der Waals surface area contributed by atoms with E-state index in [9.17, 15) is 4.79 Å². The van der Waals surface area contributed by atoms with Gasteiger partial charge in [-0.1, -0.05) is 31.2 Å². The number of rotatable bonds is 7. The van der Waals surface area contributed by atoms with Crippen LogP contribution in [0.3, 0.4) is 0 Å². The molecule has 2 rings (SSSR count). The summed E-state index contributed by atoms with van der Waals surface area (Å²) in [6.45, 7) is 8.24. The number of hydrogen-bond donors (Lipinski definition) is 1. The second-order valence-electron chi connectivity index (χ2n) is 5.08. The van der Waals surface area contributed by atoms with Gasteiger partial charge in [0, 0.05) is 17.5 Å². The molecule has 1 aromatic carbocycles. The van der Waals surface area contributed by atoms with Crippen molar-refractivity contribution >= 4 is 16.9 Å². The molecule has 0 radical (unpaired) electrons. The van der Waals surface area contributed by atoms with Crippen molar-refractivity contribution in [3.8, 4) is 0 Å². The van der Waals surface area contributed by atoms with E-state index < -0.39 is 5.97 Å². The van der Waals surface area contributed by atoms with Gasteiger partial charge in [-0.2, -0.15) is 0 Å². The molecule has 0 bridgehead atoms. The van der Waals surface area contributed by atoms with Crippen molar-refractivity contribution in [2.45, 2.75) is 26.3 Å². The Morgan fingerprint density at radius 3 is 2.81 bits per heavy atom. The van der Waals surface area contributed by atoms with Crippen molar-refractivity contribution in [2.75, 3.05) is 13.1 Å². The van der Waals surface area contributed by atoms with E-state index in [1.807, 2.05) is 36.1 Å². The number of benzene rings is 1. The first-order chi connectivity index (χ1) is 10.1. The van der Waals surface area contributed by atoms with Crippen LogP contribution in [0, 0.1) is 0 Å². The Morgan fingerprint density at radius 1 is 1.48 bits per heavy atom. The van der Waals surface area contributed by atoms with E-state index in [0.717, 1.165) is 28.7 Å². The summed E-state index contributed by atoms with van der Waals surface area (Å²) in [6.07, 6.45) is 2.57. The zero-order chi connectivity index (χ0) is 15.4. The van der Waals surface area contributed by atoms with Gasteiger partial charge in [-0.25, -0.2) is 0 Å². The first kappa shape index (κ1) is 15.3. The number of aliphatic carboxylic acids is 1. The fourth-order valence-electron chi connectivity index (χ4n) is 2.68. The van der Waals surface area contributed by atoms with Gasteiger partial charge in [0.1, 0.15) is 11.3 Å². The first-order valence-electron chi connectivity index (χ1n) is 7.15. The van der Waals surface area contributed by atoms with Gasteiger partial charge in [0.05, 0.1) is 12.6 Å². The van der Waals surface area contributed by atoms with Crippen LogP contribution in [0.1, 0.15) is 31.2 Å². The lowest BCUT2D eigenvalue weighted by molar-refractivity contribution is -0.138. The lowest BCUT2D eigenvalue weighted by Crippen LogP contribution is -2.32. The quantitative estimate of drug-likeness (QED) is 0.790. The fraction of sp³-hybridized carbons (Fsp3) is 0.353. The van der Waals surface area contributed by atoms with E-state index in [4.69, 9.17) is 9.52 Å². The summed E-state index contributed by atoms with van der Waals surface area (Å²) in [7, 11) is 0. The van der Waals surface area contributed by atoms with Crippen LogP contribution in [-0.4, -0.2) is 29.1 Å². The van der Waals surface area contributed by atoms with Crippen LogP contribution in [-0.2, 0) is 11.2 Å². The molecule has 4 heteroatoms. The van der Waals surface area contributed by atoms with Crippen molar-refractivity contribution < 1.29 is 14.3 Å². The van der Waals surface area contributed by atoms with Crippen molar-refractivity contribution in [3.05, 3.63) is 48.2 Å². The van der Waals surface area contributed by atoms with Gasteiger partial charge >= 0.3 is 5.97 Å². The normalized spacial score (nSPS) is 12.7. The predicted molar refractivity (Wildman–Crippen MR) is 83.4 cm³/mol. The lowest BCUT2D eigenvalue weighted by atomic mass is 10.0. The maximum absolute atomic E-state index is 11.0. The number of furan rings is 1. The third kappa shape index (κ3) is 3.16. The van der Waals surface area contributed by atoms with Gasteiger partial charge in [-0.15, -0.1) is 6.58 Å². The van der Waals surface area contributed by atoms with E-state index >= 15 is 0 Å². The van der Waals surface area contributed by atoms with Crippen LogP contribution in [0.5, 0.6) is 0 Å². The zero-order valence-electron chi connectivity index (χ0n) is 12.5. The van der Waals surface area contributed by atoms with Gasteiger partial charge in [-0.3, -0.25) is 9.69 Å². The van der Waals surface area contributed by atoms with Crippen molar-refractivity contribution in [3.63, 3.8) is 0 Å². The van der Waals surface area contributed by atoms with Crippen LogP contribution < -0.4 is 0 Å². The molecule has 0 fully saturated rings. The fourth-order valence-corrected chi connectivity index (χ4v) is 2.68. The monoisotopic (exact) mass is 287 g/mol. The molecule has 1 atom stereocenters. The molecule has 112 valence electrons. The summed E-state index contributed by atoms with van der Waals surface area (Å²) >= 11 is 0. The Balaban J connectivity index is 2.42. The molecule has 21 heavy (non-hydrogen) atoms. The lowest BCUT2D eigenvalue weighted by Gasteiger charge is -2.25. The highest BCUT2D eigenvalue weighted by molar-refractivity contribution is 5.82. The van der Waals surface area contributed by atoms with E-state index in [2.05, 4.69) is 13.5 Å². The summed E-state index contributed by atoms with van der Waals surface area (Å²) < 4.78 is 5.99. The summed E-state index contributed by atoms with van der Waals surface area (Å²) in [4.78, 5) is 12.9. The smallest absolute Gasteiger partial charge is 0.317 e. The Morgan fingerprint density at radius 2 is 2.19 bits per heavy atom. The number of aryl methyl sites for hydroxylation is 1. The van der Waals surface area contributed by atoms with E-state index in [1.165, 1.54) is 0 Å². The standard InChI is InChI=1S/C17H21NO3/c1-4-10-18(11-16(19)20)12(3)17-13(5-2)14-8-6-7-9-15(14)21-17/h4,6-9,12H,1,5,10-11H2,2-3H3,(H,19,20). The van der Waals surface area contributed by atoms with E-state index in [-0.39, 0.29) is 12.6 Å². The van der Waals surface area contributed by atoms with Crippen LogP contribution >= 0.6 is 0 Å². The molecular formula is C17H21NO3. The molecule has 0 aliphatic carbocycles. The number of carboxylic acid groups (broad SMARTS) is 1. The summed E-state index contributed by atoms with van der Waals surface area (Å²) in [5.74, 6) is -0.000315. The molecule has 2 aromatic rings. The second kappa shape index (κ2) is 6.59. The summed E-state index contributed by atoms with van der Waals surface area (Å²) in [5, 5.41) is 10.2. The molecule has 0 spiro atoms. The van der Waals surface area contributed by atoms with Crippen molar-refractivity contribution in [1.29, 1.82) is 0 Å². The molecule has 0 amide bonds. The van der Waals surface area contributed by atoms with Crippen molar-refractivity contribution in [2.24, 2.45) is 0 Å². The Kier molecular flexibility index (Phi) is 4.81. The van der Waals surface area contributed by atoms with Gasteiger partial charge < -0.3 is 9.52 Å². The van der Waals surface area contributed by atoms with Gasteiger partial charge in [0.2, 0.25) is 0 Å². The number of carboxylic acids is 1. The Labute approximate surface area is 124 Å². The predicted octanol–water partition coefficient (Wildman–Crippen LogP) is 3.63. The molecule has 1 unspecified atom stereocenters. The maximum atomic E-state index is 11.0. The summed E-state index contributed by atoms with van der Waals surface area (Å²) in [6, 6.07) is 7.81. The maximum Gasteiger partial charge on any atom is 0.317 e. The van der Waals surface area contributed by atoms with E-state index in [1.54, 1.807) is 6.08 Å². The minimum Gasteiger partial charge on any atom is -0.480 e. The highest BCUT2D eigenvalue weighted by Crippen LogP contribution is 2.33. The molecule has 1 heterocycles. The largest absolute Gasteiger partial charge is 0.480 e. The van der Waals surface area contributed by atoms with Crippen LogP contribution in [0.25, 0.3) is 11.0 Å². The highest BCUT2D eigenvalue weighted by atomic mass is 16.4. The van der Waals surface area contributed by atoms with Crippen LogP contribution in [0.4, 0.5) is 0 Å². The molecule has 0 aliphatic heterocycles. The van der Waals surface area contributed by atoms with E-state index in [0.29, 0.717) is 6.54 Å². The van der Waals surface area contributed by atoms with Crippen molar-refractivity contribution in [1.82, 2.24) is 4.90 Å². The molecule has 4 nitrogen and oxygen atoms in total. The number of fused-ring (bicyclic) bond motifs is 1. The third-order valence-electron chi connectivity index (χ3n) is 3.71. The van der Waals surface area contributed by atoms with Gasteiger partial charge in [0.15, 0.2) is 0 Å². The molecule has 1 aromatic heterocycles. The van der Waals surface area contributed by atoms with Gasteiger partial charge in [0.25, 0.3) is 0 Å². The Bertz CT molecular complexity index is 645.